The van der Waals surface area contributed by atoms with E-state index in [1.807, 2.05) is 0 Å². The summed E-state index contributed by atoms with van der Waals surface area (Å²) in [6.07, 6.45) is -4.60. The van der Waals surface area contributed by atoms with Gasteiger partial charge in [0, 0.05) is 17.7 Å². The van der Waals surface area contributed by atoms with Crippen LogP contribution in [0.15, 0.2) is 42.5 Å². The van der Waals surface area contributed by atoms with Gasteiger partial charge in [-0.2, -0.15) is 18.2 Å². The smallest absolute Gasteiger partial charge is 0.407 e. The molecule has 0 amide bonds. The number of pyridine rings is 1. The van der Waals surface area contributed by atoms with Crippen LogP contribution in [0.2, 0.25) is 0 Å². The predicted octanol–water partition coefficient (Wildman–Crippen LogP) is 4.43. The van der Waals surface area contributed by atoms with E-state index in [0.717, 1.165) is 6.07 Å². The Bertz CT molecular complexity index is 1050. The standard InChI is InChI=1S/C20H17F3N4O2/c1-3-15(28)29-18-16(13-9-11(2)25-14(10-13)20(21,22)23)17(26-19(24)27-18)12-7-5-4-6-8-12/h4-10H,3H2,1-2H3,(H2,24,26,27). The summed E-state index contributed by atoms with van der Waals surface area (Å²) in [7, 11) is 0. The van der Waals surface area contributed by atoms with E-state index in [4.69, 9.17) is 10.5 Å². The fourth-order valence-electron chi connectivity index (χ4n) is 2.73. The second-order valence-electron chi connectivity index (χ2n) is 6.18. The van der Waals surface area contributed by atoms with Crippen molar-refractivity contribution in [3.8, 4) is 28.3 Å². The van der Waals surface area contributed by atoms with Crippen LogP contribution in [-0.4, -0.2) is 20.9 Å². The Balaban J connectivity index is 2.34. The molecule has 0 atom stereocenters. The molecule has 0 fully saturated rings. The quantitative estimate of drug-likeness (QED) is 0.649. The summed E-state index contributed by atoms with van der Waals surface area (Å²) in [5.41, 5.74) is 5.91. The van der Waals surface area contributed by atoms with E-state index in [0.29, 0.717) is 5.56 Å². The van der Waals surface area contributed by atoms with Crippen molar-refractivity contribution < 1.29 is 22.7 Å². The van der Waals surface area contributed by atoms with Gasteiger partial charge in [0.15, 0.2) is 0 Å². The molecular weight excluding hydrogens is 385 g/mol. The molecule has 0 aliphatic carbocycles. The van der Waals surface area contributed by atoms with Crippen molar-refractivity contribution in [1.82, 2.24) is 15.0 Å². The fraction of sp³-hybridized carbons (Fsp3) is 0.200. The molecule has 2 heterocycles. The van der Waals surface area contributed by atoms with E-state index < -0.39 is 17.8 Å². The van der Waals surface area contributed by atoms with Crippen molar-refractivity contribution in [3.05, 3.63) is 53.9 Å². The van der Waals surface area contributed by atoms with Crippen molar-refractivity contribution in [2.24, 2.45) is 0 Å². The lowest BCUT2D eigenvalue weighted by molar-refractivity contribution is -0.141. The Kier molecular flexibility index (Phi) is 5.49. The monoisotopic (exact) mass is 402 g/mol. The van der Waals surface area contributed by atoms with E-state index in [-0.39, 0.29) is 40.8 Å². The molecule has 1 aromatic carbocycles. The molecule has 29 heavy (non-hydrogen) atoms. The summed E-state index contributed by atoms with van der Waals surface area (Å²) in [4.78, 5) is 23.6. The van der Waals surface area contributed by atoms with Gasteiger partial charge >= 0.3 is 12.1 Å². The van der Waals surface area contributed by atoms with Gasteiger partial charge in [-0.05, 0) is 24.6 Å². The number of aryl methyl sites for hydroxylation is 1. The van der Waals surface area contributed by atoms with Crippen LogP contribution in [0, 0.1) is 6.92 Å². The Morgan fingerprint density at radius 1 is 1.07 bits per heavy atom. The van der Waals surface area contributed by atoms with E-state index in [1.165, 1.54) is 13.0 Å². The second kappa shape index (κ2) is 7.86. The molecule has 9 heteroatoms. The van der Waals surface area contributed by atoms with Crippen LogP contribution in [0.5, 0.6) is 5.88 Å². The summed E-state index contributed by atoms with van der Waals surface area (Å²) < 4.78 is 45.2. The summed E-state index contributed by atoms with van der Waals surface area (Å²) in [6, 6.07) is 11.0. The molecule has 0 unspecified atom stereocenters. The maximum atomic E-state index is 13.3. The molecule has 0 spiro atoms. The number of nitrogen functional groups attached to an aromatic ring is 1. The van der Waals surface area contributed by atoms with Crippen LogP contribution in [0.4, 0.5) is 19.1 Å². The Morgan fingerprint density at radius 3 is 2.38 bits per heavy atom. The number of esters is 1. The molecule has 0 saturated carbocycles. The molecule has 3 aromatic rings. The zero-order valence-corrected chi connectivity index (χ0v) is 15.6. The number of carbonyl (C=O) groups is 1. The van der Waals surface area contributed by atoms with Gasteiger partial charge in [0.05, 0.1) is 11.3 Å². The molecule has 0 saturated heterocycles. The van der Waals surface area contributed by atoms with Gasteiger partial charge in [-0.1, -0.05) is 37.3 Å². The zero-order valence-electron chi connectivity index (χ0n) is 15.6. The lowest BCUT2D eigenvalue weighted by Crippen LogP contribution is -2.12. The van der Waals surface area contributed by atoms with Gasteiger partial charge in [-0.3, -0.25) is 4.79 Å². The third-order valence-electron chi connectivity index (χ3n) is 3.97. The molecule has 6 nitrogen and oxygen atoms in total. The molecule has 0 aliphatic heterocycles. The molecule has 0 aliphatic rings. The normalized spacial score (nSPS) is 11.3. The number of aromatic nitrogens is 3. The number of alkyl halides is 3. The van der Waals surface area contributed by atoms with Gasteiger partial charge < -0.3 is 10.5 Å². The van der Waals surface area contributed by atoms with Gasteiger partial charge in [-0.25, -0.2) is 9.97 Å². The number of nitrogens with zero attached hydrogens (tertiary/aromatic N) is 3. The second-order valence-corrected chi connectivity index (χ2v) is 6.18. The van der Waals surface area contributed by atoms with Crippen LogP contribution >= 0.6 is 0 Å². The van der Waals surface area contributed by atoms with E-state index in [2.05, 4.69) is 15.0 Å². The zero-order chi connectivity index (χ0) is 21.2. The van der Waals surface area contributed by atoms with Gasteiger partial charge in [0.1, 0.15) is 5.69 Å². The number of hydrogen-bond acceptors (Lipinski definition) is 6. The number of hydrogen-bond donors (Lipinski definition) is 1. The SMILES string of the molecule is CCC(=O)Oc1nc(N)nc(-c2ccccc2)c1-c1cc(C)nc(C(F)(F)F)c1. The van der Waals surface area contributed by atoms with Crippen molar-refractivity contribution >= 4 is 11.9 Å². The maximum absolute atomic E-state index is 13.3. The summed E-state index contributed by atoms with van der Waals surface area (Å²) in [5.74, 6) is -0.986. The highest BCUT2D eigenvalue weighted by molar-refractivity contribution is 5.87. The third-order valence-corrected chi connectivity index (χ3v) is 3.97. The number of ether oxygens (including phenoxy) is 1. The third kappa shape index (κ3) is 4.50. The van der Waals surface area contributed by atoms with Crippen molar-refractivity contribution in [1.29, 1.82) is 0 Å². The van der Waals surface area contributed by atoms with Gasteiger partial charge in [-0.15, -0.1) is 0 Å². The van der Waals surface area contributed by atoms with Gasteiger partial charge in [0.25, 0.3) is 0 Å². The average molecular weight is 402 g/mol. The minimum Gasteiger partial charge on any atom is -0.407 e. The number of nitrogens with two attached hydrogens (primary N) is 1. The first kappa shape index (κ1) is 20.2. The van der Waals surface area contributed by atoms with Crippen LogP contribution in [0.1, 0.15) is 24.7 Å². The number of anilines is 1. The molecule has 3 rings (SSSR count). The highest BCUT2D eigenvalue weighted by Gasteiger charge is 2.34. The van der Waals surface area contributed by atoms with Crippen molar-refractivity contribution in [3.63, 3.8) is 0 Å². The van der Waals surface area contributed by atoms with Crippen LogP contribution < -0.4 is 10.5 Å². The molecule has 2 aromatic heterocycles. The average Bonchev–Trinajstić information content (AvgIpc) is 2.67. The first-order chi connectivity index (χ1) is 13.7. The Hall–Kier alpha value is -3.49. The van der Waals surface area contributed by atoms with E-state index in [9.17, 15) is 18.0 Å². The Morgan fingerprint density at radius 2 is 1.76 bits per heavy atom. The number of benzene rings is 1. The lowest BCUT2D eigenvalue weighted by atomic mass is 9.99. The fourth-order valence-corrected chi connectivity index (χ4v) is 2.73. The minimum absolute atomic E-state index is 0.0488. The number of rotatable bonds is 4. The maximum Gasteiger partial charge on any atom is 0.433 e. The predicted molar refractivity (Wildman–Crippen MR) is 101 cm³/mol. The molecule has 150 valence electrons. The number of halogens is 3. The van der Waals surface area contributed by atoms with Gasteiger partial charge in [0.2, 0.25) is 11.8 Å². The summed E-state index contributed by atoms with van der Waals surface area (Å²) in [5, 5.41) is 0. The summed E-state index contributed by atoms with van der Waals surface area (Å²) in [6.45, 7) is 3.03. The molecule has 2 N–H and O–H groups in total. The van der Waals surface area contributed by atoms with Crippen molar-refractivity contribution in [2.75, 3.05) is 5.73 Å². The number of carbonyl (C=O) groups excluding carboxylic acids is 1. The van der Waals surface area contributed by atoms with Crippen LogP contribution in [-0.2, 0) is 11.0 Å². The van der Waals surface area contributed by atoms with Crippen molar-refractivity contribution in [2.45, 2.75) is 26.4 Å². The highest BCUT2D eigenvalue weighted by Crippen LogP contribution is 2.40. The molecule has 0 bridgehead atoms. The van der Waals surface area contributed by atoms with Crippen LogP contribution in [0.3, 0.4) is 0 Å². The minimum atomic E-state index is -4.65. The highest BCUT2D eigenvalue weighted by atomic mass is 19.4. The van der Waals surface area contributed by atoms with Crippen LogP contribution in [0.25, 0.3) is 22.4 Å². The molecule has 0 radical (unpaired) electrons. The van der Waals surface area contributed by atoms with E-state index in [1.54, 1.807) is 37.3 Å². The van der Waals surface area contributed by atoms with E-state index >= 15 is 0 Å². The Labute approximate surface area is 164 Å². The molecular formula is C20H17F3N4O2. The summed E-state index contributed by atoms with van der Waals surface area (Å²) >= 11 is 0. The first-order valence-corrected chi connectivity index (χ1v) is 8.69. The largest absolute Gasteiger partial charge is 0.433 e. The topological polar surface area (TPSA) is 91.0 Å². The lowest BCUT2D eigenvalue weighted by Gasteiger charge is -2.16. The first-order valence-electron chi connectivity index (χ1n) is 8.69.